The van der Waals surface area contributed by atoms with Crippen LogP contribution in [0.1, 0.15) is 163 Å². The van der Waals surface area contributed by atoms with E-state index in [2.05, 4.69) is 16.0 Å². The molecule has 478 valence electrons. The number of nitrogens with two attached hydrogens (primary N) is 1. The third-order valence-corrected chi connectivity index (χ3v) is 15.0. The van der Waals surface area contributed by atoms with Gasteiger partial charge < -0.3 is 61.1 Å². The molecule has 0 aromatic carbocycles. The number of carboxylic acids is 1. The molecule has 0 aliphatic carbocycles. The predicted octanol–water partition coefficient (Wildman–Crippen LogP) is 3.66. The van der Waals surface area contributed by atoms with Crippen molar-refractivity contribution in [3.05, 3.63) is 0 Å². The highest BCUT2D eigenvalue weighted by molar-refractivity contribution is 5.98. The van der Waals surface area contributed by atoms with Crippen LogP contribution in [0.25, 0.3) is 0 Å². The number of hydrogen-bond donors (Lipinski definition) is 5. The van der Waals surface area contributed by atoms with Gasteiger partial charge in [-0.25, -0.2) is 0 Å². The summed E-state index contributed by atoms with van der Waals surface area (Å²) in [5.41, 5.74) is 5.93. The molecule has 0 unspecified atom stereocenters. The molecule has 0 rings (SSSR count). The SMILES string of the molecule is CCC[C@H](NC(=O)[C@H](CC(C)C)N(C)C(=O)[C@H](CC(C)C)N(C)C(=O)[C@H](CC(C)C)N(C)C(=O)[C@H](C(C)C)N(C)C(=O)[C@@H](C)N)C(=O)N(C)CC(=O)N(C)[C@@H](CC(C)C)C(=O)N[C@H](C(=O)N(C)[C@@H](CC(C)C)C(=O)N[C@@H](C)C(=O)O)C(C)C. The van der Waals surface area contributed by atoms with Crippen LogP contribution in [0, 0.1) is 41.4 Å². The molecule has 0 aliphatic rings. The van der Waals surface area contributed by atoms with Gasteiger partial charge in [0.2, 0.25) is 59.1 Å². The molecular weight excluding hydrogens is 1070 g/mol. The standard InChI is InChI=1S/C60H111N11O12/c1-25-26-42(55(77)65(18)32-48(72)66(19)43(27-33(2)3)53(75)64-49(38(12)13)58(80)68(21)44(28-34(4)5)51(73)62-41(17)60(82)83)63-52(74)45(29-35(6)7)67(20)56(78)46(30-36(8)9)69(22)57(79)47(31-37(10)11)70(23)59(81)50(39(14)15)71(24)54(76)40(16)61/h33-47,49-50H,25-32,61H2,1-24H3,(H,62,73)(H,63,74)(H,64,75)(H,82,83)/t40-,41+,42+,43+,44+,45+,46+,47+,49+,50+/m1/s1. The van der Waals surface area contributed by atoms with Gasteiger partial charge in [0, 0.05) is 49.3 Å². The third-order valence-electron chi connectivity index (χ3n) is 15.0. The number of hydrogen-bond acceptors (Lipinski definition) is 12. The predicted molar refractivity (Wildman–Crippen MR) is 322 cm³/mol. The molecule has 83 heavy (non-hydrogen) atoms. The van der Waals surface area contributed by atoms with Gasteiger partial charge in [-0.3, -0.25) is 52.7 Å². The van der Waals surface area contributed by atoms with Crippen molar-refractivity contribution in [3.8, 4) is 0 Å². The molecule has 10 atom stereocenters. The van der Waals surface area contributed by atoms with Crippen LogP contribution in [0.3, 0.4) is 0 Å². The Balaban J connectivity index is 6.93. The fraction of sp³-hybridized carbons (Fsp3) is 0.817. The first kappa shape index (κ1) is 77.1. The van der Waals surface area contributed by atoms with Crippen molar-refractivity contribution in [2.45, 2.75) is 223 Å². The van der Waals surface area contributed by atoms with Crippen molar-refractivity contribution in [3.63, 3.8) is 0 Å². The number of carbonyl (C=O) groups is 11. The lowest BCUT2D eigenvalue weighted by molar-refractivity contribution is -0.155. The number of likely N-dealkylation sites (N-methyl/N-ethyl adjacent to an activating group) is 7. The Hall–Kier alpha value is -5.87. The lowest BCUT2D eigenvalue weighted by Crippen LogP contribution is -2.61. The molecule has 23 nitrogen and oxygen atoms in total. The topological polar surface area (TPSA) is 293 Å². The molecule has 0 radical (unpaired) electrons. The zero-order valence-corrected chi connectivity index (χ0v) is 55.1. The second-order valence-electron chi connectivity index (χ2n) is 25.8. The number of nitrogens with zero attached hydrogens (tertiary/aromatic N) is 7. The lowest BCUT2D eigenvalue weighted by Gasteiger charge is -2.40. The molecule has 0 aromatic rings. The molecule has 10 amide bonds. The molecule has 6 N–H and O–H groups in total. The van der Waals surface area contributed by atoms with E-state index >= 15 is 0 Å². The van der Waals surface area contributed by atoms with Gasteiger partial charge in [-0.2, -0.15) is 0 Å². The zero-order valence-electron chi connectivity index (χ0n) is 55.1. The molecule has 0 saturated heterocycles. The fourth-order valence-corrected chi connectivity index (χ4v) is 10.1. The van der Waals surface area contributed by atoms with Gasteiger partial charge >= 0.3 is 5.97 Å². The van der Waals surface area contributed by atoms with Crippen LogP contribution in [0.2, 0.25) is 0 Å². The van der Waals surface area contributed by atoms with E-state index < -0.39 is 138 Å². The number of amides is 10. The molecule has 0 spiro atoms. The summed E-state index contributed by atoms with van der Waals surface area (Å²) in [5.74, 6) is -8.15. The van der Waals surface area contributed by atoms with Gasteiger partial charge in [-0.15, -0.1) is 0 Å². The Kier molecular flexibility index (Phi) is 32.9. The number of carboxylic acid groups (broad SMARTS) is 1. The second kappa shape index (κ2) is 35.4. The summed E-state index contributed by atoms with van der Waals surface area (Å²) in [5, 5.41) is 17.6. The van der Waals surface area contributed by atoms with Crippen molar-refractivity contribution >= 4 is 65.0 Å². The van der Waals surface area contributed by atoms with Crippen molar-refractivity contribution in [1.82, 2.24) is 50.2 Å². The highest BCUT2D eigenvalue weighted by atomic mass is 16.4. The van der Waals surface area contributed by atoms with E-state index in [4.69, 9.17) is 5.73 Å². The molecule has 0 aliphatic heterocycles. The number of rotatable bonds is 35. The summed E-state index contributed by atoms with van der Waals surface area (Å²) in [6, 6.07) is -10.6. The van der Waals surface area contributed by atoms with E-state index in [0.717, 1.165) is 0 Å². The average molecular weight is 1180 g/mol. The third kappa shape index (κ3) is 23.6. The zero-order chi connectivity index (χ0) is 65.0. The van der Waals surface area contributed by atoms with E-state index in [1.807, 2.05) is 76.2 Å². The maximum Gasteiger partial charge on any atom is 0.325 e. The summed E-state index contributed by atoms with van der Waals surface area (Å²) in [6.07, 6.45) is 1.64. The van der Waals surface area contributed by atoms with Crippen molar-refractivity contribution in [2.75, 3.05) is 55.9 Å². The lowest BCUT2D eigenvalue weighted by atomic mass is 9.95. The molecule has 0 fully saturated rings. The van der Waals surface area contributed by atoms with Crippen molar-refractivity contribution in [2.24, 2.45) is 47.2 Å². The fourth-order valence-electron chi connectivity index (χ4n) is 10.1. The molecule has 0 bridgehead atoms. The first-order chi connectivity index (χ1) is 38.1. The van der Waals surface area contributed by atoms with Crippen LogP contribution in [-0.4, -0.2) is 221 Å². The molecule has 0 saturated carbocycles. The van der Waals surface area contributed by atoms with E-state index in [1.165, 1.54) is 97.5 Å². The van der Waals surface area contributed by atoms with Crippen LogP contribution in [0.4, 0.5) is 0 Å². The highest BCUT2D eigenvalue weighted by Gasteiger charge is 2.43. The van der Waals surface area contributed by atoms with E-state index in [1.54, 1.807) is 27.7 Å². The van der Waals surface area contributed by atoms with Crippen LogP contribution in [0.15, 0.2) is 0 Å². The Bertz CT molecular complexity index is 2180. The largest absolute Gasteiger partial charge is 0.480 e. The van der Waals surface area contributed by atoms with Crippen LogP contribution < -0.4 is 21.7 Å². The Morgan fingerprint density at radius 2 is 0.759 bits per heavy atom. The smallest absolute Gasteiger partial charge is 0.325 e. The maximum atomic E-state index is 14.9. The second-order valence-corrected chi connectivity index (χ2v) is 25.8. The number of aliphatic carboxylic acids is 1. The van der Waals surface area contributed by atoms with Gasteiger partial charge in [0.15, 0.2) is 0 Å². The highest BCUT2D eigenvalue weighted by Crippen LogP contribution is 2.24. The Labute approximate surface area is 497 Å². The number of carbonyl (C=O) groups excluding carboxylic acids is 10. The van der Waals surface area contributed by atoms with Gasteiger partial charge in [-0.05, 0) is 93.8 Å². The normalized spacial score (nSPS) is 15.3. The van der Waals surface area contributed by atoms with E-state index in [0.29, 0.717) is 6.42 Å². The van der Waals surface area contributed by atoms with Crippen molar-refractivity contribution < 1.29 is 57.8 Å². The summed E-state index contributed by atoms with van der Waals surface area (Å²) in [7, 11) is 10.3. The Morgan fingerprint density at radius 1 is 0.410 bits per heavy atom. The monoisotopic (exact) mass is 1180 g/mol. The van der Waals surface area contributed by atoms with Crippen molar-refractivity contribution in [1.29, 1.82) is 0 Å². The molecular formula is C60H111N11O12. The molecule has 23 heteroatoms. The number of nitrogens with one attached hydrogen (secondary N) is 3. The van der Waals surface area contributed by atoms with Gasteiger partial charge in [-0.1, -0.05) is 110 Å². The summed E-state index contributed by atoms with van der Waals surface area (Å²) >= 11 is 0. The van der Waals surface area contributed by atoms with Crippen LogP contribution in [-0.2, 0) is 52.7 Å². The van der Waals surface area contributed by atoms with Gasteiger partial charge in [0.25, 0.3) is 0 Å². The van der Waals surface area contributed by atoms with E-state index in [9.17, 15) is 57.8 Å². The molecule has 0 aromatic heterocycles. The first-order valence-electron chi connectivity index (χ1n) is 29.8. The molecule has 0 heterocycles. The maximum absolute atomic E-state index is 14.9. The minimum Gasteiger partial charge on any atom is -0.480 e. The average Bonchev–Trinajstić information content (AvgIpc) is 3.48. The summed E-state index contributed by atoms with van der Waals surface area (Å²) < 4.78 is 0. The van der Waals surface area contributed by atoms with E-state index in [-0.39, 0.29) is 74.0 Å². The van der Waals surface area contributed by atoms with Crippen LogP contribution >= 0.6 is 0 Å². The van der Waals surface area contributed by atoms with Gasteiger partial charge in [0.05, 0.1) is 12.6 Å². The quantitative estimate of drug-likeness (QED) is 0.0607. The minimum atomic E-state index is -1.24. The Morgan fingerprint density at radius 3 is 1.12 bits per heavy atom. The summed E-state index contributed by atoms with van der Waals surface area (Å²) in [4.78, 5) is 163. The summed E-state index contributed by atoms with van der Waals surface area (Å²) in [6.45, 7) is 30.1. The minimum absolute atomic E-state index is 0.0636. The van der Waals surface area contributed by atoms with Crippen LogP contribution in [0.5, 0.6) is 0 Å². The first-order valence-corrected chi connectivity index (χ1v) is 29.8. The van der Waals surface area contributed by atoms with Gasteiger partial charge in [0.1, 0.15) is 54.4 Å².